The molecule has 18 heavy (non-hydrogen) atoms. The van der Waals surface area contributed by atoms with Crippen molar-refractivity contribution in [3.8, 4) is 0 Å². The number of hydrogen-bond donors (Lipinski definition) is 1. The normalized spacial score (nSPS) is 28.3. The van der Waals surface area contributed by atoms with E-state index in [4.69, 9.17) is 5.21 Å². The summed E-state index contributed by atoms with van der Waals surface area (Å²) in [6.07, 6.45) is 4.04. The topological polar surface area (TPSA) is 73.2 Å². The molecule has 0 amide bonds. The lowest BCUT2D eigenvalue weighted by Gasteiger charge is -2.37. The van der Waals surface area contributed by atoms with Crippen molar-refractivity contribution >= 4 is 15.9 Å². The first-order valence-corrected chi connectivity index (χ1v) is 7.92. The minimum absolute atomic E-state index is 0.0941. The first-order valence-electron chi connectivity index (χ1n) is 6.52. The molecule has 0 aromatic carbocycles. The summed E-state index contributed by atoms with van der Waals surface area (Å²) in [7, 11) is -3.34. The zero-order chi connectivity index (χ0) is 13.2. The summed E-state index contributed by atoms with van der Waals surface area (Å²) in [5, 5.41) is 11.9. The van der Waals surface area contributed by atoms with Crippen LogP contribution in [0.2, 0.25) is 0 Å². The number of hydrogen-bond acceptors (Lipinski definition) is 4. The zero-order valence-electron chi connectivity index (χ0n) is 10.7. The SMILES string of the molecule is CC1CCCCN1S(=O)(=O)N1CCC(=NO)CC1. The minimum atomic E-state index is -3.34. The summed E-state index contributed by atoms with van der Waals surface area (Å²) in [6, 6.07) is 0.0941. The lowest BCUT2D eigenvalue weighted by Crippen LogP contribution is -2.51. The molecule has 0 aliphatic carbocycles. The second-order valence-electron chi connectivity index (χ2n) is 5.03. The predicted molar refractivity (Wildman–Crippen MR) is 69.0 cm³/mol. The van der Waals surface area contributed by atoms with E-state index in [-0.39, 0.29) is 6.04 Å². The van der Waals surface area contributed by atoms with Gasteiger partial charge in [-0.25, -0.2) is 0 Å². The van der Waals surface area contributed by atoms with E-state index in [1.807, 2.05) is 6.92 Å². The molecule has 1 unspecified atom stereocenters. The molecule has 7 heteroatoms. The molecule has 0 aromatic heterocycles. The molecule has 2 heterocycles. The average Bonchev–Trinajstić information content (AvgIpc) is 2.39. The molecule has 2 rings (SSSR count). The van der Waals surface area contributed by atoms with Crippen LogP contribution in [-0.4, -0.2) is 53.6 Å². The first kappa shape index (κ1) is 13.8. The van der Waals surface area contributed by atoms with Crippen molar-refractivity contribution in [2.45, 2.75) is 45.1 Å². The Kier molecular flexibility index (Phi) is 4.24. The minimum Gasteiger partial charge on any atom is -0.411 e. The number of rotatable bonds is 2. The fourth-order valence-electron chi connectivity index (χ4n) is 2.64. The van der Waals surface area contributed by atoms with E-state index in [0.29, 0.717) is 38.2 Å². The highest BCUT2D eigenvalue weighted by molar-refractivity contribution is 7.86. The molecule has 2 saturated heterocycles. The molecule has 104 valence electrons. The highest BCUT2D eigenvalue weighted by Crippen LogP contribution is 2.23. The fraction of sp³-hybridized carbons (Fsp3) is 0.909. The van der Waals surface area contributed by atoms with Gasteiger partial charge in [-0.2, -0.15) is 17.0 Å². The van der Waals surface area contributed by atoms with Crippen LogP contribution in [0.1, 0.15) is 39.0 Å². The van der Waals surface area contributed by atoms with Gasteiger partial charge in [0.25, 0.3) is 10.2 Å². The average molecular weight is 275 g/mol. The van der Waals surface area contributed by atoms with Crippen molar-refractivity contribution in [2.24, 2.45) is 5.16 Å². The van der Waals surface area contributed by atoms with E-state index >= 15 is 0 Å². The second kappa shape index (κ2) is 5.54. The molecular formula is C11H21N3O3S. The van der Waals surface area contributed by atoms with Gasteiger partial charge < -0.3 is 5.21 Å². The van der Waals surface area contributed by atoms with Crippen LogP contribution in [0.5, 0.6) is 0 Å². The molecule has 0 saturated carbocycles. The van der Waals surface area contributed by atoms with Crippen LogP contribution in [-0.2, 0) is 10.2 Å². The number of oxime groups is 1. The van der Waals surface area contributed by atoms with E-state index in [0.717, 1.165) is 19.3 Å². The van der Waals surface area contributed by atoms with Gasteiger partial charge in [0.2, 0.25) is 0 Å². The molecule has 1 atom stereocenters. The highest BCUT2D eigenvalue weighted by atomic mass is 32.2. The molecule has 2 aliphatic heterocycles. The third-order valence-electron chi connectivity index (χ3n) is 3.81. The van der Waals surface area contributed by atoms with Crippen LogP contribution in [0.4, 0.5) is 0 Å². The van der Waals surface area contributed by atoms with Gasteiger partial charge in [0, 0.05) is 38.5 Å². The van der Waals surface area contributed by atoms with E-state index in [9.17, 15) is 8.42 Å². The Bertz CT molecular complexity index is 411. The molecule has 0 spiro atoms. The lowest BCUT2D eigenvalue weighted by molar-refractivity contribution is 0.242. The predicted octanol–water partition coefficient (Wildman–Crippen LogP) is 1.03. The van der Waals surface area contributed by atoms with Crippen molar-refractivity contribution in [3.05, 3.63) is 0 Å². The molecule has 2 aliphatic rings. The maximum Gasteiger partial charge on any atom is 0.282 e. The fourth-order valence-corrected chi connectivity index (χ4v) is 4.50. The quantitative estimate of drug-likeness (QED) is 0.604. The van der Waals surface area contributed by atoms with Crippen LogP contribution < -0.4 is 0 Å². The van der Waals surface area contributed by atoms with Crippen molar-refractivity contribution < 1.29 is 13.6 Å². The molecule has 0 bridgehead atoms. The maximum atomic E-state index is 12.5. The maximum absolute atomic E-state index is 12.5. The lowest BCUT2D eigenvalue weighted by atomic mass is 10.1. The molecule has 6 nitrogen and oxygen atoms in total. The molecular weight excluding hydrogens is 254 g/mol. The van der Waals surface area contributed by atoms with Crippen LogP contribution in [0, 0.1) is 0 Å². The second-order valence-corrected chi connectivity index (χ2v) is 6.91. The smallest absolute Gasteiger partial charge is 0.282 e. The third-order valence-corrected chi connectivity index (χ3v) is 5.96. The molecule has 1 N–H and O–H groups in total. The van der Waals surface area contributed by atoms with Crippen molar-refractivity contribution in [1.29, 1.82) is 0 Å². The van der Waals surface area contributed by atoms with Gasteiger partial charge in [0.1, 0.15) is 0 Å². The van der Waals surface area contributed by atoms with Gasteiger partial charge in [-0.15, -0.1) is 0 Å². The van der Waals surface area contributed by atoms with Crippen LogP contribution in [0.15, 0.2) is 5.16 Å². The Labute approximate surface area is 108 Å². The van der Waals surface area contributed by atoms with Gasteiger partial charge in [-0.3, -0.25) is 0 Å². The van der Waals surface area contributed by atoms with Gasteiger partial charge in [-0.1, -0.05) is 11.6 Å². The van der Waals surface area contributed by atoms with E-state index in [1.54, 1.807) is 4.31 Å². The number of piperidine rings is 2. The summed E-state index contributed by atoms with van der Waals surface area (Å²) < 4.78 is 28.1. The third kappa shape index (κ3) is 2.67. The summed E-state index contributed by atoms with van der Waals surface area (Å²) >= 11 is 0. The summed E-state index contributed by atoms with van der Waals surface area (Å²) in [5.41, 5.74) is 0.688. The Balaban J connectivity index is 2.07. The van der Waals surface area contributed by atoms with Crippen LogP contribution in [0.25, 0.3) is 0 Å². The standard InChI is InChI=1S/C11H21N3O3S/c1-10-4-2-3-7-14(10)18(16,17)13-8-5-11(12-15)6-9-13/h10,15H,2-9H2,1H3. The Morgan fingerprint density at radius 3 is 2.44 bits per heavy atom. The number of nitrogens with zero attached hydrogens (tertiary/aromatic N) is 3. The summed E-state index contributed by atoms with van der Waals surface area (Å²) in [4.78, 5) is 0. The zero-order valence-corrected chi connectivity index (χ0v) is 11.6. The van der Waals surface area contributed by atoms with Gasteiger partial charge in [-0.05, 0) is 19.8 Å². The van der Waals surface area contributed by atoms with E-state index in [1.165, 1.54) is 4.31 Å². The summed E-state index contributed by atoms with van der Waals surface area (Å²) in [5.74, 6) is 0. The molecule has 0 radical (unpaired) electrons. The summed E-state index contributed by atoms with van der Waals surface area (Å²) in [6.45, 7) is 3.44. The van der Waals surface area contributed by atoms with Crippen molar-refractivity contribution in [3.63, 3.8) is 0 Å². The van der Waals surface area contributed by atoms with Gasteiger partial charge in [0.05, 0.1) is 5.71 Å². The Morgan fingerprint density at radius 1 is 1.22 bits per heavy atom. The van der Waals surface area contributed by atoms with Gasteiger partial charge in [0.15, 0.2) is 0 Å². The van der Waals surface area contributed by atoms with E-state index < -0.39 is 10.2 Å². The first-order chi connectivity index (χ1) is 8.55. The Morgan fingerprint density at radius 2 is 1.89 bits per heavy atom. The Hall–Kier alpha value is -0.660. The molecule has 0 aromatic rings. The van der Waals surface area contributed by atoms with Crippen LogP contribution in [0.3, 0.4) is 0 Å². The monoisotopic (exact) mass is 275 g/mol. The van der Waals surface area contributed by atoms with Crippen molar-refractivity contribution in [1.82, 2.24) is 8.61 Å². The van der Waals surface area contributed by atoms with E-state index in [2.05, 4.69) is 5.16 Å². The van der Waals surface area contributed by atoms with Crippen LogP contribution >= 0.6 is 0 Å². The van der Waals surface area contributed by atoms with Crippen molar-refractivity contribution in [2.75, 3.05) is 19.6 Å². The van der Waals surface area contributed by atoms with Gasteiger partial charge >= 0.3 is 0 Å². The highest BCUT2D eigenvalue weighted by Gasteiger charge is 2.35. The largest absolute Gasteiger partial charge is 0.411 e. The molecule has 2 fully saturated rings.